The van der Waals surface area contributed by atoms with Gasteiger partial charge in [0.15, 0.2) is 6.29 Å². The Hall–Kier alpha value is -1.59. The number of rotatable bonds is 4. The lowest BCUT2D eigenvalue weighted by atomic mass is 9.87. The van der Waals surface area contributed by atoms with Crippen LogP contribution in [0.5, 0.6) is 0 Å². The van der Waals surface area contributed by atoms with Gasteiger partial charge in [-0.1, -0.05) is 12.7 Å². The first-order valence-corrected chi connectivity index (χ1v) is 10.1. The third kappa shape index (κ3) is 4.67. The Balaban J connectivity index is 1.85. The maximum absolute atomic E-state index is 12.0. The molecule has 2 saturated heterocycles. The Morgan fingerprint density at radius 3 is 2.60 bits per heavy atom. The molecule has 1 aliphatic carbocycles. The van der Waals surface area contributed by atoms with E-state index < -0.39 is 55.5 Å². The SMILES string of the molecule is C=C1C(=O)O[C@@H]2/C=C(\C)[C@H](O[C@@H]3O[C@H](CO)[C@@H](O)[C@H](O)[C@H]3O)C/C=C(\CO)CC[C@@H]12. The van der Waals surface area contributed by atoms with Crippen LogP contribution < -0.4 is 0 Å². The highest BCUT2D eigenvalue weighted by Gasteiger charge is 2.45. The number of esters is 1. The van der Waals surface area contributed by atoms with Gasteiger partial charge in [0.05, 0.1) is 19.3 Å². The number of fused-ring (bicyclic) bond motifs is 1. The fraction of sp³-hybridized carbons (Fsp3) is 0.667. The molecule has 0 amide bonds. The van der Waals surface area contributed by atoms with Crippen LogP contribution in [0.4, 0.5) is 0 Å². The highest BCUT2D eigenvalue weighted by molar-refractivity contribution is 5.91. The Morgan fingerprint density at radius 2 is 1.93 bits per heavy atom. The molecule has 3 rings (SSSR count). The molecule has 2 fully saturated rings. The number of aliphatic hydroxyl groups excluding tert-OH is 5. The summed E-state index contributed by atoms with van der Waals surface area (Å²) in [5.74, 6) is -0.664. The maximum atomic E-state index is 12.0. The zero-order chi connectivity index (χ0) is 22.0. The Kier molecular flexibility index (Phi) is 7.46. The van der Waals surface area contributed by atoms with E-state index in [1.807, 2.05) is 6.08 Å². The first-order chi connectivity index (χ1) is 14.3. The van der Waals surface area contributed by atoms with Gasteiger partial charge in [-0.3, -0.25) is 0 Å². The van der Waals surface area contributed by atoms with Crippen molar-refractivity contribution >= 4 is 5.97 Å². The normalized spacial score (nSPS) is 43.8. The molecule has 0 spiro atoms. The van der Waals surface area contributed by atoms with Crippen LogP contribution in [-0.2, 0) is 19.0 Å². The molecule has 2 heterocycles. The van der Waals surface area contributed by atoms with Crippen molar-refractivity contribution in [1.29, 1.82) is 0 Å². The standard InChI is InChI=1S/C21H30O9/c1-10-7-15-13(11(2)20(27)28-15)5-3-12(8-22)4-6-14(10)29-21-19(26)18(25)17(24)16(9-23)30-21/h4,7,13-19,21-26H,2-3,5-6,8-9H2,1H3/b10-7+,12-4-/t13-,14+,15+,16+,17+,18-,19+,21+/m0/s1. The molecule has 168 valence electrons. The summed E-state index contributed by atoms with van der Waals surface area (Å²) in [4.78, 5) is 12.0. The highest BCUT2D eigenvalue weighted by Crippen LogP contribution is 2.35. The lowest BCUT2D eigenvalue weighted by Gasteiger charge is -2.41. The molecule has 2 aliphatic heterocycles. The maximum Gasteiger partial charge on any atom is 0.334 e. The van der Waals surface area contributed by atoms with Crippen molar-refractivity contribution in [3.63, 3.8) is 0 Å². The number of carbonyl (C=O) groups is 1. The van der Waals surface area contributed by atoms with Crippen LogP contribution >= 0.6 is 0 Å². The summed E-state index contributed by atoms with van der Waals surface area (Å²) in [6, 6.07) is 0. The summed E-state index contributed by atoms with van der Waals surface area (Å²) in [6.45, 7) is 4.92. The van der Waals surface area contributed by atoms with Crippen LogP contribution in [0, 0.1) is 5.92 Å². The van der Waals surface area contributed by atoms with E-state index in [0.29, 0.717) is 30.4 Å². The predicted octanol–water partition coefficient (Wildman–Crippen LogP) is -0.682. The van der Waals surface area contributed by atoms with Gasteiger partial charge >= 0.3 is 5.97 Å². The van der Waals surface area contributed by atoms with E-state index in [2.05, 4.69) is 6.58 Å². The lowest BCUT2D eigenvalue weighted by molar-refractivity contribution is -0.308. The molecule has 9 heteroatoms. The molecule has 3 aliphatic rings. The minimum atomic E-state index is -1.54. The van der Waals surface area contributed by atoms with Gasteiger partial charge in [0.25, 0.3) is 0 Å². The highest BCUT2D eigenvalue weighted by atomic mass is 16.7. The average molecular weight is 426 g/mol. The number of carbonyl (C=O) groups excluding carboxylic acids is 1. The third-order valence-electron chi connectivity index (χ3n) is 6.03. The smallest absolute Gasteiger partial charge is 0.334 e. The molecule has 9 nitrogen and oxygen atoms in total. The minimum Gasteiger partial charge on any atom is -0.454 e. The van der Waals surface area contributed by atoms with E-state index in [1.165, 1.54) is 0 Å². The zero-order valence-corrected chi connectivity index (χ0v) is 16.9. The third-order valence-corrected chi connectivity index (χ3v) is 6.03. The van der Waals surface area contributed by atoms with E-state index in [-0.39, 0.29) is 12.5 Å². The second-order valence-corrected chi connectivity index (χ2v) is 8.03. The number of hydrogen-bond donors (Lipinski definition) is 5. The molecule has 8 atom stereocenters. The van der Waals surface area contributed by atoms with Gasteiger partial charge in [-0.25, -0.2) is 4.79 Å². The Bertz CT molecular complexity index is 713. The topological polar surface area (TPSA) is 146 Å². The molecule has 5 N–H and O–H groups in total. The number of ether oxygens (including phenoxy) is 3. The largest absolute Gasteiger partial charge is 0.454 e. The van der Waals surface area contributed by atoms with Crippen LogP contribution in [0.15, 0.2) is 35.5 Å². The van der Waals surface area contributed by atoms with Gasteiger partial charge in [0.2, 0.25) is 0 Å². The van der Waals surface area contributed by atoms with Crippen molar-refractivity contribution in [3.8, 4) is 0 Å². The van der Waals surface area contributed by atoms with Crippen molar-refractivity contribution in [2.75, 3.05) is 13.2 Å². The first kappa shape index (κ1) is 23.1. The van der Waals surface area contributed by atoms with Crippen LogP contribution in [0.1, 0.15) is 26.2 Å². The first-order valence-electron chi connectivity index (χ1n) is 10.1. The fourth-order valence-electron chi connectivity index (χ4n) is 4.04. The van der Waals surface area contributed by atoms with Crippen molar-refractivity contribution in [2.24, 2.45) is 5.92 Å². The van der Waals surface area contributed by atoms with Crippen molar-refractivity contribution < 1.29 is 44.5 Å². The monoisotopic (exact) mass is 426 g/mol. The van der Waals surface area contributed by atoms with Crippen LogP contribution in [-0.4, -0.2) is 87.6 Å². The molecule has 0 aromatic heterocycles. The molecule has 0 aromatic carbocycles. The summed E-state index contributed by atoms with van der Waals surface area (Å²) >= 11 is 0. The van der Waals surface area contributed by atoms with Gasteiger partial charge in [0, 0.05) is 11.5 Å². The average Bonchev–Trinajstić information content (AvgIpc) is 2.99. The van der Waals surface area contributed by atoms with Crippen molar-refractivity contribution in [1.82, 2.24) is 0 Å². The number of hydrogen-bond acceptors (Lipinski definition) is 9. The van der Waals surface area contributed by atoms with E-state index in [0.717, 1.165) is 5.57 Å². The molecule has 0 aromatic rings. The molecule has 0 saturated carbocycles. The summed E-state index contributed by atoms with van der Waals surface area (Å²) in [5.41, 5.74) is 1.88. The van der Waals surface area contributed by atoms with Gasteiger partial charge < -0.3 is 39.7 Å². The summed E-state index contributed by atoms with van der Waals surface area (Å²) in [6.07, 6.45) is -2.90. The molecule has 0 unspecified atom stereocenters. The van der Waals surface area contributed by atoms with E-state index >= 15 is 0 Å². The summed E-state index contributed by atoms with van der Waals surface area (Å²) in [5, 5.41) is 49.3. The van der Waals surface area contributed by atoms with Crippen LogP contribution in [0.25, 0.3) is 0 Å². The van der Waals surface area contributed by atoms with Crippen molar-refractivity contribution in [2.45, 2.75) is 69.1 Å². The Labute approximate surface area is 174 Å². The second-order valence-electron chi connectivity index (χ2n) is 8.03. The van der Waals surface area contributed by atoms with Gasteiger partial charge in [-0.2, -0.15) is 0 Å². The predicted molar refractivity (Wildman–Crippen MR) is 104 cm³/mol. The molecule has 0 bridgehead atoms. The molecule has 30 heavy (non-hydrogen) atoms. The van der Waals surface area contributed by atoms with Gasteiger partial charge in [-0.05, 0) is 43.4 Å². The quantitative estimate of drug-likeness (QED) is 0.224. The lowest BCUT2D eigenvalue weighted by Crippen LogP contribution is -2.59. The summed E-state index contributed by atoms with van der Waals surface area (Å²) < 4.78 is 16.8. The summed E-state index contributed by atoms with van der Waals surface area (Å²) in [7, 11) is 0. The zero-order valence-electron chi connectivity index (χ0n) is 16.9. The molecule has 0 radical (unpaired) electrons. The van der Waals surface area contributed by atoms with Crippen LogP contribution in [0.2, 0.25) is 0 Å². The molecular weight excluding hydrogens is 396 g/mol. The van der Waals surface area contributed by atoms with E-state index in [4.69, 9.17) is 14.2 Å². The van der Waals surface area contributed by atoms with E-state index in [9.17, 15) is 30.3 Å². The van der Waals surface area contributed by atoms with Gasteiger partial charge in [-0.15, -0.1) is 0 Å². The molecular formula is C21H30O9. The van der Waals surface area contributed by atoms with Gasteiger partial charge in [0.1, 0.15) is 30.5 Å². The minimum absolute atomic E-state index is 0.145. The number of aliphatic hydroxyl groups is 5. The van der Waals surface area contributed by atoms with E-state index in [1.54, 1.807) is 13.0 Å². The van der Waals surface area contributed by atoms with Crippen molar-refractivity contribution in [3.05, 3.63) is 35.5 Å². The fourth-order valence-corrected chi connectivity index (χ4v) is 4.04. The second kappa shape index (κ2) is 9.69. The Morgan fingerprint density at radius 1 is 1.20 bits per heavy atom. The van der Waals surface area contributed by atoms with Crippen LogP contribution in [0.3, 0.4) is 0 Å².